The van der Waals surface area contributed by atoms with Crippen molar-refractivity contribution >= 4 is 23.3 Å². The zero-order chi connectivity index (χ0) is 17.8. The van der Waals surface area contributed by atoms with Gasteiger partial charge in [-0.3, -0.25) is 4.79 Å². The quantitative estimate of drug-likeness (QED) is 0.841. The van der Waals surface area contributed by atoms with Crippen LogP contribution in [0.1, 0.15) is 12.5 Å². The van der Waals surface area contributed by atoms with E-state index < -0.39 is 6.10 Å². The number of rotatable bonds is 4. The van der Waals surface area contributed by atoms with Gasteiger partial charge in [-0.15, -0.1) is 0 Å². The Morgan fingerprint density at radius 1 is 1.20 bits per heavy atom. The summed E-state index contributed by atoms with van der Waals surface area (Å²) < 4.78 is 5.85. The van der Waals surface area contributed by atoms with Crippen molar-refractivity contribution in [3.05, 3.63) is 53.2 Å². The zero-order valence-corrected chi connectivity index (χ0v) is 15.2. The van der Waals surface area contributed by atoms with Gasteiger partial charge in [-0.25, -0.2) is 4.98 Å². The third kappa shape index (κ3) is 4.23. The van der Waals surface area contributed by atoms with E-state index >= 15 is 0 Å². The molecule has 0 aliphatic carbocycles. The van der Waals surface area contributed by atoms with Crippen molar-refractivity contribution in [3.63, 3.8) is 0 Å². The molecular weight excluding hydrogens is 338 g/mol. The highest BCUT2D eigenvalue weighted by molar-refractivity contribution is 6.30. The van der Waals surface area contributed by atoms with Crippen LogP contribution >= 0.6 is 11.6 Å². The van der Waals surface area contributed by atoms with Gasteiger partial charge in [0.25, 0.3) is 5.91 Å². The predicted octanol–water partition coefficient (Wildman–Crippen LogP) is 3.16. The van der Waals surface area contributed by atoms with Crippen LogP contribution in [0.5, 0.6) is 5.75 Å². The van der Waals surface area contributed by atoms with Gasteiger partial charge in [0, 0.05) is 37.4 Å². The second-order valence-corrected chi connectivity index (χ2v) is 6.61. The van der Waals surface area contributed by atoms with Gasteiger partial charge < -0.3 is 14.5 Å². The highest BCUT2D eigenvalue weighted by atomic mass is 35.5. The second-order valence-electron chi connectivity index (χ2n) is 6.17. The van der Waals surface area contributed by atoms with Crippen molar-refractivity contribution in [2.75, 3.05) is 31.1 Å². The minimum absolute atomic E-state index is 0.00928. The number of amides is 1. The van der Waals surface area contributed by atoms with Crippen molar-refractivity contribution in [2.45, 2.75) is 20.0 Å². The van der Waals surface area contributed by atoms with Gasteiger partial charge in [0.1, 0.15) is 11.6 Å². The fraction of sp³-hybridized carbons (Fsp3) is 0.368. The van der Waals surface area contributed by atoms with Crippen LogP contribution in [-0.2, 0) is 4.79 Å². The lowest BCUT2D eigenvalue weighted by Crippen LogP contribution is -2.52. The van der Waals surface area contributed by atoms with E-state index in [2.05, 4.69) is 9.88 Å². The molecule has 0 N–H and O–H groups in total. The summed E-state index contributed by atoms with van der Waals surface area (Å²) in [7, 11) is 0. The Bertz CT molecular complexity index is 731. The first-order valence-electron chi connectivity index (χ1n) is 8.42. The van der Waals surface area contributed by atoms with Gasteiger partial charge in [-0.1, -0.05) is 17.7 Å². The standard InChI is InChI=1S/C19H22ClN3O2/c1-14-13-16(20)6-7-17(14)25-15(2)19(24)23-11-9-22(10-12-23)18-5-3-4-8-21-18/h3-8,13,15H,9-12H2,1-2H3. The predicted molar refractivity (Wildman–Crippen MR) is 99.3 cm³/mol. The molecule has 1 amide bonds. The molecule has 2 aromatic rings. The molecule has 0 bridgehead atoms. The van der Waals surface area contributed by atoms with Crippen LogP contribution in [0.25, 0.3) is 0 Å². The number of hydrogen-bond acceptors (Lipinski definition) is 4. The number of hydrogen-bond donors (Lipinski definition) is 0. The Kier molecular flexibility index (Phi) is 5.43. The number of aromatic nitrogens is 1. The monoisotopic (exact) mass is 359 g/mol. The van der Waals surface area contributed by atoms with Gasteiger partial charge in [0.2, 0.25) is 0 Å². The van der Waals surface area contributed by atoms with Crippen LogP contribution in [0.15, 0.2) is 42.6 Å². The lowest BCUT2D eigenvalue weighted by atomic mass is 10.2. The molecule has 1 aromatic heterocycles. The van der Waals surface area contributed by atoms with E-state index in [0.29, 0.717) is 23.9 Å². The number of benzene rings is 1. The summed E-state index contributed by atoms with van der Waals surface area (Å²) in [5, 5.41) is 0.662. The minimum atomic E-state index is -0.527. The molecule has 132 valence electrons. The summed E-state index contributed by atoms with van der Waals surface area (Å²) in [6.45, 7) is 6.60. The smallest absolute Gasteiger partial charge is 0.263 e. The van der Waals surface area contributed by atoms with Crippen molar-refractivity contribution in [1.29, 1.82) is 0 Å². The maximum Gasteiger partial charge on any atom is 0.263 e. The topological polar surface area (TPSA) is 45.7 Å². The number of aryl methyl sites for hydroxylation is 1. The van der Waals surface area contributed by atoms with Gasteiger partial charge in [-0.05, 0) is 49.7 Å². The van der Waals surface area contributed by atoms with Crippen molar-refractivity contribution < 1.29 is 9.53 Å². The van der Waals surface area contributed by atoms with Gasteiger partial charge >= 0.3 is 0 Å². The first-order valence-corrected chi connectivity index (χ1v) is 8.80. The fourth-order valence-electron chi connectivity index (χ4n) is 2.94. The van der Waals surface area contributed by atoms with Crippen molar-refractivity contribution in [2.24, 2.45) is 0 Å². The molecule has 1 atom stereocenters. The maximum absolute atomic E-state index is 12.7. The molecule has 1 fully saturated rings. The van der Waals surface area contributed by atoms with Gasteiger partial charge in [-0.2, -0.15) is 0 Å². The summed E-state index contributed by atoms with van der Waals surface area (Å²) in [4.78, 5) is 21.1. The average molecular weight is 360 g/mol. The molecule has 6 heteroatoms. The molecule has 1 aliphatic rings. The first-order chi connectivity index (χ1) is 12.0. The molecule has 1 unspecified atom stereocenters. The number of pyridine rings is 1. The molecule has 25 heavy (non-hydrogen) atoms. The van der Waals surface area contributed by atoms with Crippen LogP contribution in [-0.4, -0.2) is 48.1 Å². The van der Waals surface area contributed by atoms with E-state index in [4.69, 9.17) is 16.3 Å². The van der Waals surface area contributed by atoms with E-state index in [-0.39, 0.29) is 5.91 Å². The van der Waals surface area contributed by atoms with E-state index in [1.165, 1.54) is 0 Å². The molecule has 5 nitrogen and oxygen atoms in total. The highest BCUT2D eigenvalue weighted by Crippen LogP contribution is 2.23. The van der Waals surface area contributed by atoms with Crippen LogP contribution < -0.4 is 9.64 Å². The van der Waals surface area contributed by atoms with Gasteiger partial charge in [0.05, 0.1) is 0 Å². The zero-order valence-electron chi connectivity index (χ0n) is 14.5. The average Bonchev–Trinajstić information content (AvgIpc) is 2.64. The Morgan fingerprint density at radius 2 is 1.96 bits per heavy atom. The molecule has 2 heterocycles. The summed E-state index contributed by atoms with van der Waals surface area (Å²) in [5.74, 6) is 1.66. The molecule has 0 spiro atoms. The van der Waals surface area contributed by atoms with Gasteiger partial charge in [0.15, 0.2) is 6.10 Å². The highest BCUT2D eigenvalue weighted by Gasteiger charge is 2.26. The molecule has 3 rings (SSSR count). The lowest BCUT2D eigenvalue weighted by molar-refractivity contribution is -0.138. The number of halogens is 1. The van der Waals surface area contributed by atoms with E-state index in [1.54, 1.807) is 25.3 Å². The molecule has 0 radical (unpaired) electrons. The van der Waals surface area contributed by atoms with E-state index in [0.717, 1.165) is 24.5 Å². The number of carbonyl (C=O) groups excluding carboxylic acids is 1. The SMILES string of the molecule is Cc1cc(Cl)ccc1OC(C)C(=O)N1CCN(c2ccccn2)CC1. The number of nitrogens with zero attached hydrogens (tertiary/aromatic N) is 3. The minimum Gasteiger partial charge on any atom is -0.481 e. The first kappa shape index (κ1) is 17.5. The number of carbonyl (C=O) groups is 1. The number of anilines is 1. The Balaban J connectivity index is 1.56. The summed E-state index contributed by atoms with van der Waals surface area (Å²) in [6, 6.07) is 11.3. The molecule has 1 aliphatic heterocycles. The van der Waals surface area contributed by atoms with Crippen LogP contribution in [0.2, 0.25) is 5.02 Å². The molecular formula is C19H22ClN3O2. The van der Waals surface area contributed by atoms with E-state index in [9.17, 15) is 4.79 Å². The van der Waals surface area contributed by atoms with Crippen molar-refractivity contribution in [3.8, 4) is 5.75 Å². The largest absolute Gasteiger partial charge is 0.481 e. The summed E-state index contributed by atoms with van der Waals surface area (Å²) in [6.07, 6.45) is 1.26. The van der Waals surface area contributed by atoms with E-state index in [1.807, 2.05) is 36.1 Å². The third-order valence-electron chi connectivity index (χ3n) is 4.35. The molecule has 1 saturated heterocycles. The molecule has 1 aromatic carbocycles. The lowest BCUT2D eigenvalue weighted by Gasteiger charge is -2.36. The number of ether oxygens (including phenoxy) is 1. The third-order valence-corrected chi connectivity index (χ3v) is 4.59. The summed E-state index contributed by atoms with van der Waals surface area (Å²) in [5.41, 5.74) is 0.923. The van der Waals surface area contributed by atoms with Crippen LogP contribution in [0.4, 0.5) is 5.82 Å². The van der Waals surface area contributed by atoms with Crippen LogP contribution in [0, 0.1) is 6.92 Å². The Hall–Kier alpha value is -2.27. The Morgan fingerprint density at radius 3 is 2.60 bits per heavy atom. The normalized spacial score (nSPS) is 15.8. The van der Waals surface area contributed by atoms with Crippen molar-refractivity contribution in [1.82, 2.24) is 9.88 Å². The summed E-state index contributed by atoms with van der Waals surface area (Å²) >= 11 is 5.96. The molecule has 0 saturated carbocycles. The maximum atomic E-state index is 12.7. The Labute approximate surface area is 153 Å². The number of piperazine rings is 1. The van der Waals surface area contributed by atoms with Crippen LogP contribution in [0.3, 0.4) is 0 Å². The fourth-order valence-corrected chi connectivity index (χ4v) is 3.17. The second kappa shape index (κ2) is 7.74.